The minimum Gasteiger partial charge on any atom is -0.347 e. The number of amides is 1. The molecule has 1 aromatic heterocycles. The summed E-state index contributed by atoms with van der Waals surface area (Å²) in [6.07, 6.45) is 4.06. The standard InChI is InChI=1S/C10H16N4O/c1-7(10-12-2-3-13-10)14-9(15)4-8-5-11-6-8/h2-3,7-8,11H,4-6H2,1H3,(H,12,13)(H,14,15). The van der Waals surface area contributed by atoms with Crippen molar-refractivity contribution in [2.24, 2.45) is 5.92 Å². The molecule has 82 valence electrons. The van der Waals surface area contributed by atoms with Gasteiger partial charge in [0.25, 0.3) is 0 Å². The molecule has 1 aromatic rings. The normalized spacial score (nSPS) is 18.2. The third-order valence-electron chi connectivity index (χ3n) is 2.65. The second-order valence-electron chi connectivity index (χ2n) is 3.99. The molecule has 0 spiro atoms. The van der Waals surface area contributed by atoms with E-state index in [0.29, 0.717) is 12.3 Å². The molecule has 3 N–H and O–H groups in total. The van der Waals surface area contributed by atoms with Crippen molar-refractivity contribution < 1.29 is 4.79 Å². The molecule has 0 aromatic carbocycles. The summed E-state index contributed by atoms with van der Waals surface area (Å²) >= 11 is 0. The lowest BCUT2D eigenvalue weighted by atomic mass is 9.99. The Hall–Kier alpha value is -1.36. The molecule has 1 atom stereocenters. The molecular weight excluding hydrogens is 192 g/mol. The van der Waals surface area contributed by atoms with Crippen molar-refractivity contribution in [2.75, 3.05) is 13.1 Å². The van der Waals surface area contributed by atoms with Gasteiger partial charge in [-0.1, -0.05) is 0 Å². The average Bonchev–Trinajstić information content (AvgIpc) is 2.64. The van der Waals surface area contributed by atoms with Crippen molar-refractivity contribution in [1.82, 2.24) is 20.6 Å². The number of nitrogens with one attached hydrogen (secondary N) is 3. The van der Waals surface area contributed by atoms with E-state index in [2.05, 4.69) is 20.6 Å². The van der Waals surface area contributed by atoms with Crippen LogP contribution in [0.2, 0.25) is 0 Å². The summed E-state index contributed by atoms with van der Waals surface area (Å²) < 4.78 is 0. The van der Waals surface area contributed by atoms with Gasteiger partial charge in [0.15, 0.2) is 0 Å². The lowest BCUT2D eigenvalue weighted by Crippen LogP contribution is -2.44. The zero-order valence-corrected chi connectivity index (χ0v) is 8.79. The van der Waals surface area contributed by atoms with Crippen LogP contribution in [0.4, 0.5) is 0 Å². The van der Waals surface area contributed by atoms with Crippen molar-refractivity contribution in [3.63, 3.8) is 0 Å². The number of rotatable bonds is 4. The second-order valence-corrected chi connectivity index (χ2v) is 3.99. The van der Waals surface area contributed by atoms with E-state index in [-0.39, 0.29) is 11.9 Å². The van der Waals surface area contributed by atoms with Crippen LogP contribution in [0.25, 0.3) is 0 Å². The van der Waals surface area contributed by atoms with Crippen molar-refractivity contribution in [2.45, 2.75) is 19.4 Å². The number of aromatic amines is 1. The van der Waals surface area contributed by atoms with Gasteiger partial charge >= 0.3 is 0 Å². The molecule has 2 rings (SSSR count). The average molecular weight is 208 g/mol. The zero-order chi connectivity index (χ0) is 10.7. The van der Waals surface area contributed by atoms with Gasteiger partial charge in [0.1, 0.15) is 5.82 Å². The predicted octanol–water partition coefficient (Wildman–Crippen LogP) is 0.196. The molecule has 0 saturated carbocycles. The first-order valence-corrected chi connectivity index (χ1v) is 5.25. The van der Waals surface area contributed by atoms with E-state index in [4.69, 9.17) is 0 Å². The minimum absolute atomic E-state index is 0.0412. The van der Waals surface area contributed by atoms with Crippen LogP contribution in [-0.4, -0.2) is 29.0 Å². The summed E-state index contributed by atoms with van der Waals surface area (Å²) in [6, 6.07) is -0.0412. The van der Waals surface area contributed by atoms with Gasteiger partial charge in [0, 0.05) is 18.8 Å². The van der Waals surface area contributed by atoms with Gasteiger partial charge in [-0.3, -0.25) is 4.79 Å². The van der Waals surface area contributed by atoms with E-state index in [1.54, 1.807) is 12.4 Å². The third kappa shape index (κ3) is 2.56. The predicted molar refractivity (Wildman–Crippen MR) is 56.1 cm³/mol. The van der Waals surface area contributed by atoms with Crippen LogP contribution in [0.15, 0.2) is 12.4 Å². The molecule has 1 amide bonds. The summed E-state index contributed by atoms with van der Waals surface area (Å²) in [4.78, 5) is 18.7. The fourth-order valence-corrected chi connectivity index (χ4v) is 1.64. The second kappa shape index (κ2) is 4.44. The van der Waals surface area contributed by atoms with Crippen LogP contribution in [0.5, 0.6) is 0 Å². The fraction of sp³-hybridized carbons (Fsp3) is 0.600. The molecule has 0 aliphatic carbocycles. The van der Waals surface area contributed by atoms with Crippen LogP contribution in [0.1, 0.15) is 25.2 Å². The Kier molecular flexibility index (Phi) is 3.01. The summed E-state index contributed by atoms with van der Waals surface area (Å²) in [7, 11) is 0. The lowest BCUT2D eigenvalue weighted by molar-refractivity contribution is -0.123. The van der Waals surface area contributed by atoms with Gasteiger partial charge in [-0.15, -0.1) is 0 Å². The fourth-order valence-electron chi connectivity index (χ4n) is 1.64. The van der Waals surface area contributed by atoms with E-state index in [0.717, 1.165) is 18.9 Å². The molecule has 1 saturated heterocycles. The lowest BCUT2D eigenvalue weighted by Gasteiger charge is -2.26. The largest absolute Gasteiger partial charge is 0.347 e. The molecule has 5 nitrogen and oxygen atoms in total. The SMILES string of the molecule is CC(NC(=O)CC1CNC1)c1ncc[nH]1. The van der Waals surface area contributed by atoms with Crippen LogP contribution in [0.3, 0.4) is 0 Å². The van der Waals surface area contributed by atoms with Crippen LogP contribution in [0, 0.1) is 5.92 Å². The Balaban J connectivity index is 1.78. The van der Waals surface area contributed by atoms with Gasteiger partial charge in [0.2, 0.25) is 5.91 Å². The van der Waals surface area contributed by atoms with Gasteiger partial charge in [0.05, 0.1) is 6.04 Å². The van der Waals surface area contributed by atoms with Crippen LogP contribution in [-0.2, 0) is 4.79 Å². The van der Waals surface area contributed by atoms with Gasteiger partial charge < -0.3 is 15.6 Å². The molecule has 2 heterocycles. The highest BCUT2D eigenvalue weighted by Crippen LogP contribution is 2.10. The first kappa shape index (κ1) is 10.2. The number of aromatic nitrogens is 2. The van der Waals surface area contributed by atoms with Crippen molar-refractivity contribution in [3.8, 4) is 0 Å². The minimum atomic E-state index is -0.0412. The maximum atomic E-state index is 11.6. The number of H-pyrrole nitrogens is 1. The molecule has 1 aliphatic rings. The highest BCUT2D eigenvalue weighted by atomic mass is 16.1. The Morgan fingerprint density at radius 3 is 3.07 bits per heavy atom. The Morgan fingerprint density at radius 2 is 2.53 bits per heavy atom. The first-order chi connectivity index (χ1) is 7.25. The number of hydrogen-bond acceptors (Lipinski definition) is 3. The highest BCUT2D eigenvalue weighted by Gasteiger charge is 2.21. The number of carbonyl (C=O) groups excluding carboxylic acids is 1. The maximum Gasteiger partial charge on any atom is 0.220 e. The molecule has 1 unspecified atom stereocenters. The summed E-state index contributed by atoms with van der Waals surface area (Å²) in [6.45, 7) is 3.85. The van der Waals surface area contributed by atoms with Crippen LogP contribution < -0.4 is 10.6 Å². The van der Waals surface area contributed by atoms with E-state index in [9.17, 15) is 4.79 Å². The Labute approximate surface area is 88.7 Å². The summed E-state index contributed by atoms with van der Waals surface area (Å²) in [5.74, 6) is 1.41. The van der Waals surface area contributed by atoms with Crippen molar-refractivity contribution in [3.05, 3.63) is 18.2 Å². The Morgan fingerprint density at radius 1 is 1.73 bits per heavy atom. The smallest absolute Gasteiger partial charge is 0.220 e. The zero-order valence-electron chi connectivity index (χ0n) is 8.79. The summed E-state index contributed by atoms with van der Waals surface area (Å²) in [5.41, 5.74) is 0. The van der Waals surface area contributed by atoms with E-state index in [1.165, 1.54) is 0 Å². The number of carbonyl (C=O) groups is 1. The maximum absolute atomic E-state index is 11.6. The van der Waals surface area contributed by atoms with E-state index < -0.39 is 0 Å². The molecule has 1 fully saturated rings. The van der Waals surface area contributed by atoms with Crippen molar-refractivity contribution in [1.29, 1.82) is 0 Å². The quantitative estimate of drug-likeness (QED) is 0.662. The molecular formula is C10H16N4O. The number of hydrogen-bond donors (Lipinski definition) is 3. The highest BCUT2D eigenvalue weighted by molar-refractivity contribution is 5.76. The van der Waals surface area contributed by atoms with Gasteiger partial charge in [-0.2, -0.15) is 0 Å². The van der Waals surface area contributed by atoms with E-state index >= 15 is 0 Å². The Bertz CT molecular complexity index is 318. The molecule has 5 heteroatoms. The number of imidazole rings is 1. The van der Waals surface area contributed by atoms with Crippen molar-refractivity contribution >= 4 is 5.91 Å². The number of nitrogens with zero attached hydrogens (tertiary/aromatic N) is 1. The third-order valence-corrected chi connectivity index (χ3v) is 2.65. The van der Waals surface area contributed by atoms with E-state index in [1.807, 2.05) is 6.92 Å². The molecule has 15 heavy (non-hydrogen) atoms. The topological polar surface area (TPSA) is 69.8 Å². The van der Waals surface area contributed by atoms with Gasteiger partial charge in [-0.05, 0) is 25.9 Å². The summed E-state index contributed by atoms with van der Waals surface area (Å²) in [5, 5.41) is 6.07. The molecule has 1 aliphatic heterocycles. The van der Waals surface area contributed by atoms with Crippen LogP contribution >= 0.6 is 0 Å². The molecule has 0 bridgehead atoms. The monoisotopic (exact) mass is 208 g/mol. The van der Waals surface area contributed by atoms with Gasteiger partial charge in [-0.25, -0.2) is 4.98 Å². The molecule has 0 radical (unpaired) electrons. The first-order valence-electron chi connectivity index (χ1n) is 5.25.